The van der Waals surface area contributed by atoms with Gasteiger partial charge in [-0.15, -0.1) is 0 Å². The van der Waals surface area contributed by atoms with Crippen molar-refractivity contribution in [1.29, 1.82) is 0 Å². The Hall–Kier alpha value is -2.40. The summed E-state index contributed by atoms with van der Waals surface area (Å²) in [7, 11) is 1.69. The first-order valence-electron chi connectivity index (χ1n) is 11.0. The summed E-state index contributed by atoms with van der Waals surface area (Å²) in [6.45, 7) is 2.80. The molecule has 2 fully saturated rings. The first-order chi connectivity index (χ1) is 14.6. The lowest BCUT2D eigenvalue weighted by Crippen LogP contribution is -2.50. The van der Waals surface area contributed by atoms with E-state index in [1.54, 1.807) is 19.2 Å². The van der Waals surface area contributed by atoms with Gasteiger partial charge < -0.3 is 10.1 Å². The number of benzene rings is 2. The minimum absolute atomic E-state index is 0.0804. The van der Waals surface area contributed by atoms with E-state index in [4.69, 9.17) is 4.74 Å². The SMILES string of the molecule is COc1cccc(CN2CCC(NC(=O)C3(c4cccc(F)c4)CCCC3)CC2)c1. The number of hydrogen-bond acceptors (Lipinski definition) is 3. The third-order valence-corrected chi connectivity index (χ3v) is 6.73. The summed E-state index contributed by atoms with van der Waals surface area (Å²) >= 11 is 0. The summed E-state index contributed by atoms with van der Waals surface area (Å²) in [5.41, 5.74) is 1.50. The van der Waals surface area contributed by atoms with Crippen LogP contribution in [0.4, 0.5) is 4.39 Å². The van der Waals surface area contributed by atoms with Gasteiger partial charge in [-0.25, -0.2) is 4.39 Å². The monoisotopic (exact) mass is 410 g/mol. The van der Waals surface area contributed by atoms with E-state index in [-0.39, 0.29) is 17.8 Å². The summed E-state index contributed by atoms with van der Waals surface area (Å²) in [5.74, 6) is 0.697. The highest BCUT2D eigenvalue weighted by atomic mass is 19.1. The Bertz CT molecular complexity index is 871. The van der Waals surface area contributed by atoms with E-state index in [0.717, 1.165) is 69.5 Å². The molecule has 4 rings (SSSR count). The molecule has 1 saturated carbocycles. The minimum Gasteiger partial charge on any atom is -0.497 e. The molecule has 0 aromatic heterocycles. The molecular formula is C25H31FN2O2. The largest absolute Gasteiger partial charge is 0.497 e. The maximum absolute atomic E-state index is 13.8. The van der Waals surface area contributed by atoms with Crippen molar-refractivity contribution in [1.82, 2.24) is 10.2 Å². The number of halogens is 1. The van der Waals surface area contributed by atoms with E-state index < -0.39 is 5.41 Å². The maximum atomic E-state index is 13.8. The van der Waals surface area contributed by atoms with Gasteiger partial charge >= 0.3 is 0 Å². The van der Waals surface area contributed by atoms with E-state index in [0.29, 0.717) is 0 Å². The van der Waals surface area contributed by atoms with Gasteiger partial charge in [0.25, 0.3) is 0 Å². The van der Waals surface area contributed by atoms with Gasteiger partial charge in [0.2, 0.25) is 5.91 Å². The number of ether oxygens (including phenoxy) is 1. The molecular weight excluding hydrogens is 379 g/mol. The zero-order chi connectivity index (χ0) is 21.0. The molecule has 1 saturated heterocycles. The average Bonchev–Trinajstić information content (AvgIpc) is 3.27. The molecule has 2 aromatic carbocycles. The summed E-state index contributed by atoms with van der Waals surface area (Å²) in [6.07, 6.45) is 5.52. The molecule has 0 radical (unpaired) electrons. The topological polar surface area (TPSA) is 41.6 Å². The van der Waals surface area contributed by atoms with Crippen LogP contribution in [0.25, 0.3) is 0 Å². The summed E-state index contributed by atoms with van der Waals surface area (Å²) in [5, 5.41) is 3.31. The second-order valence-electron chi connectivity index (χ2n) is 8.67. The second-order valence-corrected chi connectivity index (χ2v) is 8.67. The molecule has 2 aromatic rings. The fraction of sp³-hybridized carbons (Fsp3) is 0.480. The van der Waals surface area contributed by atoms with Crippen LogP contribution in [0.15, 0.2) is 48.5 Å². The number of nitrogens with zero attached hydrogens (tertiary/aromatic N) is 1. The molecule has 0 bridgehead atoms. The lowest BCUT2D eigenvalue weighted by molar-refractivity contribution is -0.127. The van der Waals surface area contributed by atoms with E-state index in [2.05, 4.69) is 22.3 Å². The van der Waals surface area contributed by atoms with E-state index in [1.807, 2.05) is 18.2 Å². The molecule has 2 aliphatic rings. The Morgan fingerprint density at radius 1 is 1.13 bits per heavy atom. The van der Waals surface area contributed by atoms with Crippen LogP contribution < -0.4 is 10.1 Å². The molecule has 1 heterocycles. The highest BCUT2D eigenvalue weighted by Gasteiger charge is 2.43. The van der Waals surface area contributed by atoms with Crippen molar-refractivity contribution in [3.05, 3.63) is 65.5 Å². The maximum Gasteiger partial charge on any atom is 0.230 e. The first kappa shape index (κ1) is 20.9. The molecule has 1 aliphatic heterocycles. The lowest BCUT2D eigenvalue weighted by atomic mass is 9.77. The number of likely N-dealkylation sites (tertiary alicyclic amines) is 1. The highest BCUT2D eigenvalue weighted by Crippen LogP contribution is 2.41. The van der Waals surface area contributed by atoms with E-state index in [1.165, 1.54) is 11.6 Å². The second kappa shape index (κ2) is 9.17. The predicted octanol–water partition coefficient (Wildman–Crippen LogP) is 4.43. The number of methoxy groups -OCH3 is 1. The van der Waals surface area contributed by atoms with Crippen LogP contribution in [0.1, 0.15) is 49.7 Å². The van der Waals surface area contributed by atoms with Crippen LogP contribution >= 0.6 is 0 Å². The van der Waals surface area contributed by atoms with E-state index >= 15 is 0 Å². The van der Waals surface area contributed by atoms with Crippen LogP contribution in [-0.2, 0) is 16.8 Å². The molecule has 4 nitrogen and oxygen atoms in total. The van der Waals surface area contributed by atoms with Crippen LogP contribution in [0, 0.1) is 5.82 Å². The average molecular weight is 411 g/mol. The minimum atomic E-state index is -0.570. The fourth-order valence-corrected chi connectivity index (χ4v) is 5.00. The Morgan fingerprint density at radius 2 is 1.87 bits per heavy atom. The van der Waals surface area contributed by atoms with Crippen molar-refractivity contribution in [3.63, 3.8) is 0 Å². The van der Waals surface area contributed by atoms with Gasteiger partial charge in [0.1, 0.15) is 11.6 Å². The summed E-state index contributed by atoms with van der Waals surface area (Å²) < 4.78 is 19.2. The predicted molar refractivity (Wildman–Crippen MR) is 116 cm³/mol. The molecule has 0 unspecified atom stereocenters. The van der Waals surface area contributed by atoms with Crippen molar-refractivity contribution in [2.45, 2.75) is 56.5 Å². The molecule has 1 amide bonds. The van der Waals surface area contributed by atoms with Crippen molar-refractivity contribution in [2.75, 3.05) is 20.2 Å². The molecule has 30 heavy (non-hydrogen) atoms. The number of amides is 1. The Balaban J connectivity index is 1.35. The van der Waals surface area contributed by atoms with Gasteiger partial charge in [0.05, 0.1) is 12.5 Å². The number of carbonyl (C=O) groups is 1. The zero-order valence-electron chi connectivity index (χ0n) is 17.7. The molecule has 0 spiro atoms. The molecule has 1 aliphatic carbocycles. The Kier molecular flexibility index (Phi) is 6.38. The Morgan fingerprint density at radius 3 is 2.57 bits per heavy atom. The molecule has 160 valence electrons. The van der Waals surface area contributed by atoms with Crippen LogP contribution in [0.5, 0.6) is 5.75 Å². The number of hydrogen-bond donors (Lipinski definition) is 1. The van der Waals surface area contributed by atoms with Crippen molar-refractivity contribution < 1.29 is 13.9 Å². The summed E-state index contributed by atoms with van der Waals surface area (Å²) in [6, 6.07) is 15.0. The number of nitrogens with one attached hydrogen (secondary N) is 1. The third-order valence-electron chi connectivity index (χ3n) is 6.73. The van der Waals surface area contributed by atoms with Gasteiger partial charge in [-0.3, -0.25) is 9.69 Å². The van der Waals surface area contributed by atoms with Crippen molar-refractivity contribution in [2.24, 2.45) is 0 Å². The smallest absolute Gasteiger partial charge is 0.230 e. The van der Waals surface area contributed by atoms with Gasteiger partial charge in [-0.05, 0) is 61.1 Å². The van der Waals surface area contributed by atoms with Crippen LogP contribution in [-0.4, -0.2) is 37.0 Å². The number of rotatable bonds is 6. The third kappa shape index (κ3) is 4.51. The number of carbonyl (C=O) groups excluding carboxylic acids is 1. The van der Waals surface area contributed by atoms with Gasteiger partial charge in [-0.1, -0.05) is 37.1 Å². The standard InChI is InChI=1S/C25H31FN2O2/c1-30-23-9-4-6-19(16-23)18-28-14-10-22(11-15-28)27-24(29)25(12-2-3-13-25)20-7-5-8-21(26)17-20/h4-9,16-17,22H,2-3,10-15,18H2,1H3,(H,27,29). The normalized spacial score (nSPS) is 19.5. The van der Waals surface area contributed by atoms with E-state index in [9.17, 15) is 9.18 Å². The lowest BCUT2D eigenvalue weighted by Gasteiger charge is -2.35. The van der Waals surface area contributed by atoms with Gasteiger partial charge in [0.15, 0.2) is 0 Å². The quantitative estimate of drug-likeness (QED) is 0.766. The van der Waals surface area contributed by atoms with Crippen molar-refractivity contribution >= 4 is 5.91 Å². The van der Waals surface area contributed by atoms with Gasteiger partial charge in [0, 0.05) is 25.7 Å². The Labute approximate surface area is 178 Å². The molecule has 5 heteroatoms. The number of piperidine rings is 1. The van der Waals surface area contributed by atoms with Crippen LogP contribution in [0.3, 0.4) is 0 Å². The zero-order valence-corrected chi connectivity index (χ0v) is 17.7. The molecule has 0 atom stereocenters. The fourth-order valence-electron chi connectivity index (χ4n) is 5.00. The highest BCUT2D eigenvalue weighted by molar-refractivity contribution is 5.88. The van der Waals surface area contributed by atoms with Crippen LogP contribution in [0.2, 0.25) is 0 Å². The summed E-state index contributed by atoms with van der Waals surface area (Å²) in [4.78, 5) is 15.8. The van der Waals surface area contributed by atoms with Crippen molar-refractivity contribution in [3.8, 4) is 5.75 Å². The first-order valence-corrected chi connectivity index (χ1v) is 11.0. The molecule has 1 N–H and O–H groups in total. The van der Waals surface area contributed by atoms with Gasteiger partial charge in [-0.2, -0.15) is 0 Å².